The van der Waals surface area contributed by atoms with Crippen molar-refractivity contribution >= 4 is 11.8 Å². The fraction of sp³-hybridized carbons (Fsp3) is 0.190. The van der Waals surface area contributed by atoms with Gasteiger partial charge in [-0.2, -0.15) is 15.0 Å². The molecule has 0 saturated carbocycles. The maximum Gasteiger partial charge on any atom is 0.214 e. The SMILES string of the molecule is Cc1ccc(-n2nnnc2SCc2c(C#N)c(C)nn2-c2ccccc2)c(C)c1. The van der Waals surface area contributed by atoms with Crippen LogP contribution in [0.15, 0.2) is 53.7 Å². The smallest absolute Gasteiger partial charge is 0.214 e. The van der Waals surface area contributed by atoms with Crippen molar-refractivity contribution in [2.75, 3.05) is 0 Å². The molecule has 2 aromatic heterocycles. The number of nitriles is 1. The highest BCUT2D eigenvalue weighted by atomic mass is 32.2. The van der Waals surface area contributed by atoms with Gasteiger partial charge < -0.3 is 0 Å². The minimum atomic E-state index is 0.518. The molecule has 0 N–H and O–H groups in total. The highest BCUT2D eigenvalue weighted by Crippen LogP contribution is 2.28. The summed E-state index contributed by atoms with van der Waals surface area (Å²) in [6.07, 6.45) is 0. The maximum atomic E-state index is 9.65. The largest absolute Gasteiger partial charge is 0.235 e. The molecule has 0 radical (unpaired) electrons. The van der Waals surface area contributed by atoms with Gasteiger partial charge in [0.25, 0.3) is 0 Å². The van der Waals surface area contributed by atoms with E-state index in [9.17, 15) is 5.26 Å². The summed E-state index contributed by atoms with van der Waals surface area (Å²) in [4.78, 5) is 0. The Balaban J connectivity index is 1.68. The van der Waals surface area contributed by atoms with Gasteiger partial charge in [-0.1, -0.05) is 47.7 Å². The van der Waals surface area contributed by atoms with Gasteiger partial charge in [-0.3, -0.25) is 0 Å². The van der Waals surface area contributed by atoms with Gasteiger partial charge in [0.05, 0.1) is 28.3 Å². The highest BCUT2D eigenvalue weighted by Gasteiger charge is 2.19. The lowest BCUT2D eigenvalue weighted by Gasteiger charge is -2.10. The number of benzene rings is 2. The molecule has 29 heavy (non-hydrogen) atoms. The van der Waals surface area contributed by atoms with Crippen molar-refractivity contribution in [2.24, 2.45) is 0 Å². The normalized spacial score (nSPS) is 10.8. The van der Waals surface area contributed by atoms with E-state index in [2.05, 4.69) is 39.7 Å². The van der Waals surface area contributed by atoms with E-state index in [1.165, 1.54) is 17.3 Å². The lowest BCUT2D eigenvalue weighted by Crippen LogP contribution is -2.04. The average Bonchev–Trinajstić information content (AvgIpc) is 3.30. The highest BCUT2D eigenvalue weighted by molar-refractivity contribution is 7.98. The molecule has 0 aliphatic heterocycles. The number of hydrogen-bond donors (Lipinski definition) is 0. The summed E-state index contributed by atoms with van der Waals surface area (Å²) in [6, 6.07) is 18.3. The fourth-order valence-electron chi connectivity index (χ4n) is 3.23. The van der Waals surface area contributed by atoms with Gasteiger partial charge in [-0.25, -0.2) is 4.68 Å². The fourth-order valence-corrected chi connectivity index (χ4v) is 4.12. The minimum absolute atomic E-state index is 0.518. The van der Waals surface area contributed by atoms with Crippen molar-refractivity contribution in [2.45, 2.75) is 31.7 Å². The third-order valence-electron chi connectivity index (χ3n) is 4.63. The molecule has 2 heterocycles. The first-order valence-electron chi connectivity index (χ1n) is 9.11. The molecule has 0 unspecified atom stereocenters. The summed E-state index contributed by atoms with van der Waals surface area (Å²) in [5, 5.41) is 27.1. The molecule has 4 aromatic rings. The Bertz CT molecular complexity index is 1200. The molecule has 7 nitrogen and oxygen atoms in total. The molecule has 0 bridgehead atoms. The number of rotatable bonds is 5. The lowest BCUT2D eigenvalue weighted by molar-refractivity contribution is 0.751. The van der Waals surface area contributed by atoms with E-state index in [4.69, 9.17) is 0 Å². The van der Waals surface area contributed by atoms with Gasteiger partial charge in [0, 0.05) is 5.75 Å². The molecule has 8 heteroatoms. The van der Waals surface area contributed by atoms with Crippen LogP contribution in [0.5, 0.6) is 0 Å². The zero-order chi connectivity index (χ0) is 20.4. The monoisotopic (exact) mass is 401 g/mol. The number of aryl methyl sites for hydroxylation is 3. The topological polar surface area (TPSA) is 85.2 Å². The summed E-state index contributed by atoms with van der Waals surface area (Å²) in [7, 11) is 0. The third-order valence-corrected chi connectivity index (χ3v) is 5.56. The second kappa shape index (κ2) is 7.89. The van der Waals surface area contributed by atoms with Crippen molar-refractivity contribution in [1.29, 1.82) is 5.26 Å². The van der Waals surface area contributed by atoms with Gasteiger partial charge >= 0.3 is 0 Å². The molecule has 4 rings (SSSR count). The van der Waals surface area contributed by atoms with Crippen LogP contribution in [0.3, 0.4) is 0 Å². The number of para-hydroxylation sites is 1. The molecule has 0 atom stereocenters. The minimum Gasteiger partial charge on any atom is -0.235 e. The Morgan fingerprint density at radius 1 is 1.03 bits per heavy atom. The van der Waals surface area contributed by atoms with Crippen LogP contribution in [0.4, 0.5) is 0 Å². The molecule has 0 amide bonds. The van der Waals surface area contributed by atoms with Crippen LogP contribution in [0.25, 0.3) is 11.4 Å². The summed E-state index contributed by atoms with van der Waals surface area (Å²) >= 11 is 1.48. The molecular weight excluding hydrogens is 382 g/mol. The molecule has 0 saturated heterocycles. The Morgan fingerprint density at radius 3 is 2.55 bits per heavy atom. The van der Waals surface area contributed by atoms with Gasteiger partial charge in [0.15, 0.2) is 0 Å². The Morgan fingerprint density at radius 2 is 1.83 bits per heavy atom. The summed E-state index contributed by atoms with van der Waals surface area (Å²) in [5.74, 6) is 0.518. The quantitative estimate of drug-likeness (QED) is 0.471. The first-order chi connectivity index (χ1) is 14.1. The Kier molecular flexibility index (Phi) is 5.14. The van der Waals surface area contributed by atoms with Crippen molar-refractivity contribution < 1.29 is 0 Å². The number of hydrogen-bond acceptors (Lipinski definition) is 6. The zero-order valence-electron chi connectivity index (χ0n) is 16.4. The average molecular weight is 401 g/mol. The van der Waals surface area contributed by atoms with Gasteiger partial charge in [0.1, 0.15) is 6.07 Å². The summed E-state index contributed by atoms with van der Waals surface area (Å²) < 4.78 is 3.56. The maximum absolute atomic E-state index is 9.65. The molecule has 0 spiro atoms. The number of nitrogens with zero attached hydrogens (tertiary/aromatic N) is 7. The predicted molar refractivity (Wildman–Crippen MR) is 111 cm³/mol. The van der Waals surface area contributed by atoms with E-state index < -0.39 is 0 Å². The summed E-state index contributed by atoms with van der Waals surface area (Å²) in [5.41, 5.74) is 6.28. The van der Waals surface area contributed by atoms with Gasteiger partial charge in [0.2, 0.25) is 5.16 Å². The number of thioether (sulfide) groups is 1. The van der Waals surface area contributed by atoms with Gasteiger partial charge in [-0.15, -0.1) is 5.10 Å². The standard InChI is InChI=1S/C21H19N7S/c1-14-9-10-19(15(2)11-14)28-21(23-25-26-28)29-13-20-18(12-22)16(3)24-27(20)17-7-5-4-6-8-17/h4-11H,13H2,1-3H3. The molecule has 0 fully saturated rings. The van der Waals surface area contributed by atoms with Crippen molar-refractivity contribution in [1.82, 2.24) is 30.0 Å². The summed E-state index contributed by atoms with van der Waals surface area (Å²) in [6.45, 7) is 5.95. The van der Waals surface area contributed by atoms with E-state index in [0.29, 0.717) is 22.2 Å². The van der Waals surface area contributed by atoms with E-state index in [-0.39, 0.29) is 0 Å². The second-order valence-electron chi connectivity index (χ2n) is 6.72. The number of aromatic nitrogens is 6. The first-order valence-corrected chi connectivity index (χ1v) is 10.1. The molecule has 0 aliphatic carbocycles. The van der Waals surface area contributed by atoms with Crippen LogP contribution in [-0.4, -0.2) is 30.0 Å². The third kappa shape index (κ3) is 3.65. The van der Waals surface area contributed by atoms with Crippen LogP contribution in [-0.2, 0) is 5.75 Å². The van der Waals surface area contributed by atoms with Crippen LogP contribution in [0, 0.1) is 32.1 Å². The van der Waals surface area contributed by atoms with E-state index >= 15 is 0 Å². The lowest BCUT2D eigenvalue weighted by atomic mass is 10.1. The van der Waals surface area contributed by atoms with E-state index in [0.717, 1.165) is 22.6 Å². The number of tetrazole rings is 1. The zero-order valence-corrected chi connectivity index (χ0v) is 17.2. The molecule has 0 aliphatic rings. The van der Waals surface area contributed by atoms with Gasteiger partial charge in [-0.05, 0) is 55.0 Å². The molecule has 144 valence electrons. The van der Waals surface area contributed by atoms with Crippen molar-refractivity contribution in [3.8, 4) is 17.4 Å². The van der Waals surface area contributed by atoms with Crippen LogP contribution >= 0.6 is 11.8 Å². The predicted octanol–water partition coefficient (Wildman–Crippen LogP) is 3.94. The Labute approximate surface area is 173 Å². The van der Waals surface area contributed by atoms with Crippen LogP contribution in [0.1, 0.15) is 28.1 Å². The van der Waals surface area contributed by atoms with Crippen LogP contribution < -0.4 is 0 Å². The first kappa shape index (κ1) is 18.9. The van der Waals surface area contributed by atoms with E-state index in [1.807, 2.05) is 61.0 Å². The van der Waals surface area contributed by atoms with Crippen molar-refractivity contribution in [3.05, 3.63) is 76.6 Å². The molecule has 2 aromatic carbocycles. The van der Waals surface area contributed by atoms with E-state index in [1.54, 1.807) is 4.68 Å². The van der Waals surface area contributed by atoms with Crippen molar-refractivity contribution in [3.63, 3.8) is 0 Å². The Hall–Kier alpha value is -3.44. The second-order valence-corrected chi connectivity index (χ2v) is 7.66. The van der Waals surface area contributed by atoms with Crippen LogP contribution in [0.2, 0.25) is 0 Å². The molecular formula is C21H19N7S.